The number of nitrogens with zero attached hydrogens (tertiary/aromatic N) is 4. The first-order valence-electron chi connectivity index (χ1n) is 8.03. The summed E-state index contributed by atoms with van der Waals surface area (Å²) in [7, 11) is 1.80. The van der Waals surface area contributed by atoms with Crippen molar-refractivity contribution >= 4 is 29.0 Å². The first-order chi connectivity index (χ1) is 12.9. The molecule has 3 rings (SSSR count). The number of amides is 1. The van der Waals surface area contributed by atoms with Crippen LogP contribution in [0.4, 0.5) is 11.4 Å². The zero-order chi connectivity index (χ0) is 19.6. The fourth-order valence-electron chi connectivity index (χ4n) is 2.45. The zero-order valence-corrected chi connectivity index (χ0v) is 15.7. The van der Waals surface area contributed by atoms with Gasteiger partial charge < -0.3 is 14.3 Å². The molecule has 1 amide bonds. The van der Waals surface area contributed by atoms with Gasteiger partial charge in [-0.25, -0.2) is 0 Å². The van der Waals surface area contributed by atoms with Crippen molar-refractivity contribution < 1.29 is 14.1 Å². The minimum Gasteiger partial charge on any atom is -0.469 e. The minimum absolute atomic E-state index is 0.153. The van der Waals surface area contributed by atoms with Gasteiger partial charge in [-0.3, -0.25) is 14.9 Å². The van der Waals surface area contributed by atoms with Crippen LogP contribution in [0.5, 0.6) is 0 Å². The lowest BCUT2D eigenvalue weighted by Gasteiger charge is -2.11. The van der Waals surface area contributed by atoms with Gasteiger partial charge in [0.05, 0.1) is 22.0 Å². The summed E-state index contributed by atoms with van der Waals surface area (Å²) < 4.78 is 7.07. The Morgan fingerprint density at radius 2 is 2.07 bits per heavy atom. The molecule has 0 spiro atoms. The van der Waals surface area contributed by atoms with Crippen LogP contribution in [-0.2, 0) is 11.8 Å². The van der Waals surface area contributed by atoms with Gasteiger partial charge in [0.2, 0.25) is 5.91 Å². The molecular formula is C17H17N5O4S. The van der Waals surface area contributed by atoms with Crippen LogP contribution in [0, 0.1) is 17.0 Å². The maximum atomic E-state index is 12.5. The van der Waals surface area contributed by atoms with Crippen LogP contribution in [-0.4, -0.2) is 30.8 Å². The maximum Gasteiger partial charge on any atom is 0.292 e. The lowest BCUT2D eigenvalue weighted by molar-refractivity contribution is -0.383. The van der Waals surface area contributed by atoms with Crippen LogP contribution >= 0.6 is 11.8 Å². The smallest absolute Gasteiger partial charge is 0.292 e. The summed E-state index contributed by atoms with van der Waals surface area (Å²) in [6.45, 7) is 3.53. The molecule has 0 bridgehead atoms. The van der Waals surface area contributed by atoms with Crippen LogP contribution in [0.1, 0.15) is 12.7 Å². The van der Waals surface area contributed by atoms with Crippen molar-refractivity contribution in [2.24, 2.45) is 7.05 Å². The van der Waals surface area contributed by atoms with Crippen LogP contribution in [0.25, 0.3) is 11.4 Å². The first-order valence-corrected chi connectivity index (χ1v) is 8.91. The number of carbonyl (C=O) groups is 1. The fourth-order valence-corrected chi connectivity index (χ4v) is 3.27. The number of furan rings is 1. The summed E-state index contributed by atoms with van der Waals surface area (Å²) in [5.41, 5.74) is 0.834. The highest BCUT2D eigenvalue weighted by Crippen LogP contribution is 2.29. The third-order valence-corrected chi connectivity index (χ3v) is 5.08. The maximum absolute atomic E-state index is 12.5. The fraction of sp³-hybridized carbons (Fsp3) is 0.235. The Morgan fingerprint density at radius 1 is 1.33 bits per heavy atom. The number of hydrogen-bond donors (Lipinski definition) is 1. The number of thioether (sulfide) groups is 1. The number of aryl methyl sites for hydroxylation is 1. The van der Waals surface area contributed by atoms with Crippen molar-refractivity contribution in [3.05, 3.63) is 52.5 Å². The number of carbonyl (C=O) groups excluding carboxylic acids is 1. The number of nitrogens with one attached hydrogen (secondary N) is 1. The Kier molecular flexibility index (Phi) is 5.26. The number of rotatable bonds is 6. The predicted molar refractivity (Wildman–Crippen MR) is 100 cm³/mol. The molecule has 0 saturated carbocycles. The van der Waals surface area contributed by atoms with E-state index >= 15 is 0 Å². The molecule has 1 atom stereocenters. The molecule has 0 aliphatic carbocycles. The molecule has 1 aromatic carbocycles. The second-order valence-electron chi connectivity index (χ2n) is 5.78. The van der Waals surface area contributed by atoms with Crippen molar-refractivity contribution in [1.29, 1.82) is 0 Å². The second-order valence-corrected chi connectivity index (χ2v) is 7.09. The number of nitro groups is 1. The normalized spacial score (nSPS) is 12.0. The largest absolute Gasteiger partial charge is 0.469 e. The molecule has 1 N–H and O–H groups in total. The van der Waals surface area contributed by atoms with Crippen molar-refractivity contribution in [2.45, 2.75) is 24.3 Å². The molecule has 0 radical (unpaired) electrons. The second kappa shape index (κ2) is 7.62. The molecule has 0 aliphatic heterocycles. The van der Waals surface area contributed by atoms with Gasteiger partial charge in [-0.2, -0.15) is 0 Å². The Labute approximate surface area is 158 Å². The van der Waals surface area contributed by atoms with E-state index in [0.29, 0.717) is 11.0 Å². The Balaban J connectivity index is 1.74. The van der Waals surface area contributed by atoms with Gasteiger partial charge in [0, 0.05) is 13.1 Å². The molecule has 9 nitrogen and oxygen atoms in total. The van der Waals surface area contributed by atoms with Gasteiger partial charge in [-0.15, -0.1) is 10.2 Å². The predicted octanol–water partition coefficient (Wildman–Crippen LogP) is 3.41. The Bertz CT molecular complexity index is 997. The molecule has 2 heterocycles. The summed E-state index contributed by atoms with van der Waals surface area (Å²) in [4.78, 5) is 23.0. The van der Waals surface area contributed by atoms with E-state index in [9.17, 15) is 14.9 Å². The van der Waals surface area contributed by atoms with Crippen molar-refractivity contribution in [1.82, 2.24) is 14.8 Å². The molecule has 27 heavy (non-hydrogen) atoms. The van der Waals surface area contributed by atoms with E-state index < -0.39 is 10.2 Å². The first kappa shape index (κ1) is 18.6. The van der Waals surface area contributed by atoms with Gasteiger partial charge in [0.25, 0.3) is 5.69 Å². The third-order valence-electron chi connectivity index (χ3n) is 3.94. The minimum atomic E-state index is -0.536. The number of anilines is 1. The number of nitro benzene ring substituents is 1. The highest BCUT2D eigenvalue weighted by molar-refractivity contribution is 8.00. The highest BCUT2D eigenvalue weighted by Gasteiger charge is 2.22. The Morgan fingerprint density at radius 3 is 2.74 bits per heavy atom. The zero-order valence-electron chi connectivity index (χ0n) is 14.9. The molecule has 2 aromatic heterocycles. The molecule has 1 unspecified atom stereocenters. The average Bonchev–Trinajstić information content (AvgIpc) is 3.21. The van der Waals surface area contributed by atoms with Gasteiger partial charge in [-0.1, -0.05) is 23.9 Å². The molecule has 140 valence electrons. The van der Waals surface area contributed by atoms with Gasteiger partial charge in [0.1, 0.15) is 11.4 Å². The standard InChI is InChI=1S/C17H17N5O4S/c1-10-12(8-9-26-10)15-19-20-17(21(15)3)27-11(2)16(23)18-13-6-4-5-7-14(13)22(24)25/h4-9,11H,1-3H3,(H,18,23). The SMILES string of the molecule is Cc1occc1-c1nnc(SC(C)C(=O)Nc2ccccc2[N+](=O)[O-])n1C. The van der Waals surface area contributed by atoms with Crippen LogP contribution < -0.4 is 5.32 Å². The van der Waals surface area contributed by atoms with E-state index in [2.05, 4.69) is 15.5 Å². The van der Waals surface area contributed by atoms with E-state index in [1.807, 2.05) is 6.92 Å². The third kappa shape index (κ3) is 3.85. The van der Waals surface area contributed by atoms with Gasteiger partial charge in [0.15, 0.2) is 11.0 Å². The van der Waals surface area contributed by atoms with Crippen molar-refractivity contribution in [3.8, 4) is 11.4 Å². The number of hydrogen-bond acceptors (Lipinski definition) is 7. The van der Waals surface area contributed by atoms with E-state index in [4.69, 9.17) is 4.42 Å². The van der Waals surface area contributed by atoms with E-state index in [1.165, 1.54) is 23.9 Å². The van der Waals surface area contributed by atoms with E-state index in [1.54, 1.807) is 43.0 Å². The molecule has 0 aliphatic rings. The summed E-state index contributed by atoms with van der Waals surface area (Å²) in [6, 6.07) is 7.82. The topological polar surface area (TPSA) is 116 Å². The van der Waals surface area contributed by atoms with E-state index in [0.717, 1.165) is 11.3 Å². The lowest BCUT2D eigenvalue weighted by atomic mass is 10.2. The molecule has 3 aromatic rings. The van der Waals surface area contributed by atoms with Crippen LogP contribution in [0.2, 0.25) is 0 Å². The van der Waals surface area contributed by atoms with Gasteiger partial charge >= 0.3 is 0 Å². The number of aromatic nitrogens is 3. The van der Waals surface area contributed by atoms with E-state index in [-0.39, 0.29) is 17.3 Å². The quantitative estimate of drug-likeness (QED) is 0.391. The summed E-state index contributed by atoms with van der Waals surface area (Å²) in [6.07, 6.45) is 1.58. The monoisotopic (exact) mass is 387 g/mol. The van der Waals surface area contributed by atoms with Crippen LogP contribution in [0.15, 0.2) is 46.2 Å². The average molecular weight is 387 g/mol. The summed E-state index contributed by atoms with van der Waals surface area (Å²) >= 11 is 1.21. The van der Waals surface area contributed by atoms with Gasteiger partial charge in [-0.05, 0) is 26.0 Å². The number of para-hydroxylation sites is 2. The Hall–Kier alpha value is -3.14. The summed E-state index contributed by atoms with van der Waals surface area (Å²) in [5.74, 6) is 0.998. The van der Waals surface area contributed by atoms with Crippen LogP contribution in [0.3, 0.4) is 0 Å². The molecule has 0 saturated heterocycles. The highest BCUT2D eigenvalue weighted by atomic mass is 32.2. The molecule has 0 fully saturated rings. The lowest BCUT2D eigenvalue weighted by Crippen LogP contribution is -2.23. The van der Waals surface area contributed by atoms with Crippen molar-refractivity contribution in [2.75, 3.05) is 5.32 Å². The van der Waals surface area contributed by atoms with Crippen molar-refractivity contribution in [3.63, 3.8) is 0 Å². The number of benzene rings is 1. The molecule has 10 heteroatoms. The summed E-state index contributed by atoms with van der Waals surface area (Å²) in [5, 5.41) is 22.0. The molecular weight excluding hydrogens is 370 g/mol.